The van der Waals surface area contributed by atoms with Crippen molar-refractivity contribution in [1.82, 2.24) is 4.57 Å². The van der Waals surface area contributed by atoms with Gasteiger partial charge in [0.2, 0.25) is 0 Å². The van der Waals surface area contributed by atoms with Crippen molar-refractivity contribution in [3.05, 3.63) is 211 Å². The molecule has 0 bridgehead atoms. The SMILES string of the molecule is C1=C(c2ccc(N(c3cccc(-c4cccc5c4c4ccc6ccccc6c4n5-c4ccccc4)c3)c3ccccc3-c3ccccc3)cc2)C=C2CCCCC2C1. The van der Waals surface area contributed by atoms with E-state index in [-0.39, 0.29) is 0 Å². The Morgan fingerprint density at radius 2 is 1.26 bits per heavy atom. The Morgan fingerprint density at radius 1 is 0.517 bits per heavy atom. The smallest absolute Gasteiger partial charge is 0.0619 e. The van der Waals surface area contributed by atoms with Crippen molar-refractivity contribution in [2.75, 3.05) is 4.90 Å². The summed E-state index contributed by atoms with van der Waals surface area (Å²) in [6, 6.07) is 69.0. The first-order chi connectivity index (χ1) is 28.8. The summed E-state index contributed by atoms with van der Waals surface area (Å²) in [6.07, 6.45) is 11.4. The summed E-state index contributed by atoms with van der Waals surface area (Å²) in [5, 5.41) is 5.02. The molecule has 278 valence electrons. The number of benzene rings is 8. The molecule has 1 unspecified atom stereocenters. The lowest BCUT2D eigenvalue weighted by Gasteiger charge is -2.29. The van der Waals surface area contributed by atoms with Gasteiger partial charge >= 0.3 is 0 Å². The minimum absolute atomic E-state index is 0.745. The molecule has 2 heteroatoms. The van der Waals surface area contributed by atoms with E-state index in [9.17, 15) is 0 Å². The third-order valence-corrected chi connectivity index (χ3v) is 12.6. The molecule has 1 fully saturated rings. The van der Waals surface area contributed by atoms with Crippen LogP contribution in [0.5, 0.6) is 0 Å². The first-order valence-electron chi connectivity index (χ1n) is 20.8. The minimum Gasteiger partial charge on any atom is -0.310 e. The highest BCUT2D eigenvalue weighted by Gasteiger charge is 2.23. The van der Waals surface area contributed by atoms with Crippen LogP contribution in [0.2, 0.25) is 0 Å². The summed E-state index contributed by atoms with van der Waals surface area (Å²) in [7, 11) is 0. The fourth-order valence-electron chi connectivity index (χ4n) is 9.78. The molecule has 0 radical (unpaired) electrons. The summed E-state index contributed by atoms with van der Waals surface area (Å²) in [6.45, 7) is 0. The molecule has 2 aliphatic carbocycles. The number of aromatic nitrogens is 1. The number of hydrogen-bond acceptors (Lipinski definition) is 1. The van der Waals surface area contributed by atoms with Crippen LogP contribution in [0.3, 0.4) is 0 Å². The summed E-state index contributed by atoms with van der Waals surface area (Å²) < 4.78 is 2.45. The van der Waals surface area contributed by atoms with Gasteiger partial charge in [-0.3, -0.25) is 0 Å². The van der Waals surface area contributed by atoms with Crippen LogP contribution in [0, 0.1) is 5.92 Å². The molecule has 8 aromatic carbocycles. The molecule has 11 rings (SSSR count). The Hall–Kier alpha value is -6.90. The zero-order chi connectivity index (χ0) is 38.4. The molecule has 1 heterocycles. The van der Waals surface area contributed by atoms with Crippen LogP contribution in [0.25, 0.3) is 66.1 Å². The molecule has 0 amide bonds. The highest BCUT2D eigenvalue weighted by molar-refractivity contribution is 6.22. The predicted octanol–water partition coefficient (Wildman–Crippen LogP) is 15.6. The van der Waals surface area contributed by atoms with E-state index in [2.05, 4.69) is 210 Å². The van der Waals surface area contributed by atoms with E-state index in [1.54, 1.807) is 5.57 Å². The predicted molar refractivity (Wildman–Crippen MR) is 246 cm³/mol. The largest absolute Gasteiger partial charge is 0.310 e. The van der Waals surface area contributed by atoms with Crippen LogP contribution in [0.1, 0.15) is 37.7 Å². The number of rotatable bonds is 7. The van der Waals surface area contributed by atoms with Crippen molar-refractivity contribution in [2.45, 2.75) is 32.1 Å². The Kier molecular flexibility index (Phi) is 8.62. The van der Waals surface area contributed by atoms with E-state index in [0.717, 1.165) is 28.7 Å². The lowest BCUT2D eigenvalue weighted by Crippen LogP contribution is -2.12. The van der Waals surface area contributed by atoms with Gasteiger partial charge in [-0.05, 0) is 113 Å². The molecule has 0 aliphatic heterocycles. The lowest BCUT2D eigenvalue weighted by molar-refractivity contribution is 0.454. The van der Waals surface area contributed by atoms with Gasteiger partial charge in [0.25, 0.3) is 0 Å². The second kappa shape index (κ2) is 14.6. The van der Waals surface area contributed by atoms with Gasteiger partial charge in [-0.15, -0.1) is 0 Å². The van der Waals surface area contributed by atoms with E-state index < -0.39 is 0 Å². The van der Waals surface area contributed by atoms with Gasteiger partial charge in [0.05, 0.1) is 16.7 Å². The number of nitrogens with zero attached hydrogens (tertiary/aromatic N) is 2. The average molecular weight is 745 g/mol. The average Bonchev–Trinajstić information content (AvgIpc) is 3.65. The summed E-state index contributed by atoms with van der Waals surface area (Å²) in [4.78, 5) is 2.45. The zero-order valence-corrected chi connectivity index (χ0v) is 32.6. The molecule has 0 spiro atoms. The Bertz CT molecular complexity index is 3020. The van der Waals surface area contributed by atoms with Crippen molar-refractivity contribution < 1.29 is 0 Å². The summed E-state index contributed by atoms with van der Waals surface area (Å²) in [5.74, 6) is 0.745. The van der Waals surface area contributed by atoms with E-state index in [1.807, 2.05) is 0 Å². The number of allylic oxidation sites excluding steroid dienone is 4. The second-order valence-electron chi connectivity index (χ2n) is 15.9. The van der Waals surface area contributed by atoms with Crippen molar-refractivity contribution in [2.24, 2.45) is 5.92 Å². The number of fused-ring (bicyclic) bond motifs is 6. The van der Waals surface area contributed by atoms with Gasteiger partial charge in [0, 0.05) is 38.8 Å². The molecule has 0 N–H and O–H groups in total. The van der Waals surface area contributed by atoms with Crippen LogP contribution < -0.4 is 4.90 Å². The third-order valence-electron chi connectivity index (χ3n) is 12.6. The van der Waals surface area contributed by atoms with Crippen molar-refractivity contribution in [3.8, 4) is 27.9 Å². The van der Waals surface area contributed by atoms with Gasteiger partial charge in [0.1, 0.15) is 0 Å². The number of anilines is 3. The van der Waals surface area contributed by atoms with Crippen molar-refractivity contribution in [3.63, 3.8) is 0 Å². The van der Waals surface area contributed by atoms with E-state index in [4.69, 9.17) is 0 Å². The fraction of sp³-hybridized carbons (Fsp3) is 0.107. The van der Waals surface area contributed by atoms with Gasteiger partial charge in [-0.1, -0.05) is 164 Å². The van der Waals surface area contributed by atoms with Crippen LogP contribution in [0.4, 0.5) is 17.1 Å². The Balaban J connectivity index is 1.09. The molecule has 1 saturated carbocycles. The molecule has 1 aromatic heterocycles. The highest BCUT2D eigenvalue weighted by Crippen LogP contribution is 2.45. The molecule has 58 heavy (non-hydrogen) atoms. The zero-order valence-electron chi connectivity index (χ0n) is 32.6. The normalized spacial score (nSPS) is 15.3. The maximum Gasteiger partial charge on any atom is 0.0619 e. The topological polar surface area (TPSA) is 8.17 Å². The molecular formula is C56H44N2. The standard InChI is InChI=1S/C56H44N2/c1-3-16-41(17-4-1)49-24-11-12-27-53(49)57(47-34-31-40(32-35-47)44-30-29-39-15-7-8-19-43(39)37-44)48-23-13-20-45(38-48)50-26-14-28-54-55(50)52-36-33-42-18-9-10-25-51(42)56(52)58(54)46-21-5-2-6-22-46/h1-6,9-14,16-18,20-28,30-39H,7-8,15,19,29H2. The van der Waals surface area contributed by atoms with Crippen molar-refractivity contribution in [1.29, 1.82) is 0 Å². The van der Waals surface area contributed by atoms with Gasteiger partial charge in [-0.25, -0.2) is 0 Å². The molecule has 9 aromatic rings. The molecule has 0 saturated heterocycles. The Morgan fingerprint density at radius 3 is 2.14 bits per heavy atom. The summed E-state index contributed by atoms with van der Waals surface area (Å²) >= 11 is 0. The second-order valence-corrected chi connectivity index (χ2v) is 15.9. The first kappa shape index (κ1) is 34.4. The molecule has 2 nitrogen and oxygen atoms in total. The molecule has 2 aliphatic rings. The van der Waals surface area contributed by atoms with Crippen LogP contribution in [0.15, 0.2) is 206 Å². The van der Waals surface area contributed by atoms with E-state index >= 15 is 0 Å². The molecular weight excluding hydrogens is 701 g/mol. The monoisotopic (exact) mass is 744 g/mol. The fourth-order valence-corrected chi connectivity index (χ4v) is 9.78. The number of hydrogen-bond donors (Lipinski definition) is 0. The van der Waals surface area contributed by atoms with Crippen molar-refractivity contribution >= 4 is 55.2 Å². The van der Waals surface area contributed by atoms with Gasteiger partial charge < -0.3 is 9.47 Å². The Labute approximate surface area is 340 Å². The van der Waals surface area contributed by atoms with Crippen LogP contribution >= 0.6 is 0 Å². The van der Waals surface area contributed by atoms with E-state index in [1.165, 1.54) is 98.1 Å². The van der Waals surface area contributed by atoms with Crippen LogP contribution in [-0.2, 0) is 0 Å². The highest BCUT2D eigenvalue weighted by atomic mass is 15.1. The van der Waals surface area contributed by atoms with E-state index in [0.29, 0.717) is 0 Å². The summed E-state index contributed by atoms with van der Waals surface area (Å²) in [5.41, 5.74) is 16.1. The van der Waals surface area contributed by atoms with Gasteiger partial charge in [-0.2, -0.15) is 0 Å². The molecule has 1 atom stereocenters. The maximum absolute atomic E-state index is 2.49. The third kappa shape index (κ3) is 5.96. The van der Waals surface area contributed by atoms with Gasteiger partial charge in [0.15, 0.2) is 0 Å². The lowest BCUT2D eigenvalue weighted by atomic mass is 9.77. The number of para-hydroxylation sites is 2. The van der Waals surface area contributed by atoms with Crippen LogP contribution in [-0.4, -0.2) is 4.57 Å². The maximum atomic E-state index is 2.49. The minimum atomic E-state index is 0.745. The quantitative estimate of drug-likeness (QED) is 0.158. The first-order valence-corrected chi connectivity index (χ1v) is 20.8.